The number of benzene rings is 2. The van der Waals surface area contributed by atoms with Crippen LogP contribution in [0.3, 0.4) is 0 Å². The van der Waals surface area contributed by atoms with Gasteiger partial charge in [-0.3, -0.25) is 0 Å². The second-order valence-electron chi connectivity index (χ2n) is 12.2. The number of aryl methyl sites for hydroxylation is 4. The standard InChI is InChI=1S/2C17H17S.C2H6Si.2ClH.Hf/c2*1-10-5-6-12(3)14(7-10)17-13(4)18-16-9-11(2)8-15(16)17;1-3-2;;;/h2*5-7,9,13H,1-4H3;1-2H3;2*1H;/q;;;;;+2/p-2. The summed E-state index contributed by atoms with van der Waals surface area (Å²) in [6.07, 6.45) is 5.12. The van der Waals surface area contributed by atoms with E-state index in [9.17, 15) is 0 Å². The number of halogens is 2. The largest absolute Gasteiger partial charge is 1.00 e. The normalized spacial score (nSPS) is 20.7. The van der Waals surface area contributed by atoms with Gasteiger partial charge in [0.1, 0.15) is 0 Å². The van der Waals surface area contributed by atoms with E-state index >= 15 is 0 Å². The molecular weight excluding hydrogens is 774 g/mol. The summed E-state index contributed by atoms with van der Waals surface area (Å²) < 4.78 is 3.65. The first kappa shape index (κ1) is 34.1. The number of hydrogen-bond donors (Lipinski definition) is 0. The third-order valence-electron chi connectivity index (χ3n) is 8.80. The third-order valence-corrected chi connectivity index (χ3v) is 35.2. The summed E-state index contributed by atoms with van der Waals surface area (Å²) in [5, 5.41) is 1.00. The van der Waals surface area contributed by atoms with Gasteiger partial charge >= 0.3 is 260 Å². The van der Waals surface area contributed by atoms with Gasteiger partial charge in [-0.25, -0.2) is 0 Å². The molecule has 0 amide bonds. The molecule has 2 unspecified atom stereocenters. The van der Waals surface area contributed by atoms with Gasteiger partial charge in [0.2, 0.25) is 0 Å². The first-order chi connectivity index (χ1) is 19.0. The van der Waals surface area contributed by atoms with E-state index in [1.54, 1.807) is 43.2 Å². The third kappa shape index (κ3) is 5.60. The minimum atomic E-state index is -2.54. The second-order valence-corrected chi connectivity index (χ2v) is 38.2. The zero-order valence-electron chi connectivity index (χ0n) is 26.3. The molecule has 0 spiro atoms. The van der Waals surface area contributed by atoms with Crippen molar-refractivity contribution in [2.24, 2.45) is 0 Å². The van der Waals surface area contributed by atoms with E-state index in [4.69, 9.17) is 0 Å². The Morgan fingerprint density at radius 2 is 1.00 bits per heavy atom. The maximum absolute atomic E-state index is 2.64. The Labute approximate surface area is 282 Å². The van der Waals surface area contributed by atoms with Crippen LogP contribution in [-0.2, 0) is 20.1 Å². The summed E-state index contributed by atoms with van der Waals surface area (Å²) >= 11 is 1.66. The molecule has 6 heteroatoms. The molecule has 42 heavy (non-hydrogen) atoms. The molecule has 0 nitrogen and oxygen atoms in total. The Morgan fingerprint density at radius 1 is 0.619 bits per heavy atom. The van der Waals surface area contributed by atoms with Crippen molar-refractivity contribution in [1.82, 2.24) is 0 Å². The first-order valence-electron chi connectivity index (χ1n) is 14.5. The van der Waals surface area contributed by atoms with Crippen LogP contribution in [0, 0.1) is 27.7 Å². The molecule has 2 atom stereocenters. The quantitative estimate of drug-likeness (QED) is 0.414. The van der Waals surface area contributed by atoms with Crippen LogP contribution in [0.15, 0.2) is 87.3 Å². The molecule has 2 aliphatic heterocycles. The van der Waals surface area contributed by atoms with E-state index in [0.29, 0.717) is 10.5 Å². The molecule has 2 aliphatic carbocycles. The molecule has 2 aromatic carbocycles. The van der Waals surface area contributed by atoms with Gasteiger partial charge in [0.05, 0.1) is 0 Å². The van der Waals surface area contributed by atoms with Crippen LogP contribution in [0.5, 0.6) is 0 Å². The monoisotopic (exact) mass is 814 g/mol. The SMILES string of the molecule is CC1=[C]([Hf+2]([C]2=C(C)C=C3SC(C)C(c4cc(C)ccc4C)=C32)=[Si](C)C)C2=C(c3cc(C)ccc3C)C(C)SC2=C1.[Cl-].[Cl-]. The van der Waals surface area contributed by atoms with Crippen LogP contribution >= 0.6 is 23.5 Å². The number of rotatable bonds is 4. The zero-order chi connectivity index (χ0) is 28.6. The summed E-state index contributed by atoms with van der Waals surface area (Å²) in [5.41, 5.74) is 17.7. The van der Waals surface area contributed by atoms with E-state index in [-0.39, 0.29) is 24.8 Å². The van der Waals surface area contributed by atoms with Gasteiger partial charge in [0.15, 0.2) is 0 Å². The maximum Gasteiger partial charge on any atom is -1.00 e. The average molecular weight is 814 g/mol. The van der Waals surface area contributed by atoms with Crippen molar-refractivity contribution in [3.8, 4) is 0 Å². The fourth-order valence-corrected chi connectivity index (χ4v) is 35.3. The van der Waals surface area contributed by atoms with Crippen LogP contribution in [0.25, 0.3) is 11.1 Å². The van der Waals surface area contributed by atoms with Crippen LogP contribution in [0.1, 0.15) is 61.1 Å². The van der Waals surface area contributed by atoms with Gasteiger partial charge in [-0.05, 0) is 0 Å². The Kier molecular flexibility index (Phi) is 10.5. The number of hydrogen-bond acceptors (Lipinski definition) is 2. The van der Waals surface area contributed by atoms with Crippen molar-refractivity contribution < 1.29 is 44.9 Å². The molecule has 0 radical (unpaired) electrons. The van der Waals surface area contributed by atoms with Gasteiger partial charge in [0.25, 0.3) is 0 Å². The van der Waals surface area contributed by atoms with Gasteiger partial charge in [-0.15, -0.1) is 0 Å². The molecular formula is C36H40Cl2HfS2Si. The van der Waals surface area contributed by atoms with Gasteiger partial charge in [-0.2, -0.15) is 0 Å². The predicted octanol–water partition coefficient (Wildman–Crippen LogP) is 4.62. The summed E-state index contributed by atoms with van der Waals surface area (Å²) in [4.78, 5) is 3.09. The molecule has 0 fully saturated rings. The topological polar surface area (TPSA) is 0 Å². The Balaban J connectivity index is 0.00000202. The summed E-state index contributed by atoms with van der Waals surface area (Å²) in [6.45, 7) is 24.1. The second kappa shape index (κ2) is 12.9. The molecule has 0 saturated carbocycles. The molecule has 2 aromatic rings. The molecule has 0 bridgehead atoms. The smallest absolute Gasteiger partial charge is 1.00 e. The Bertz CT molecular complexity index is 1620. The van der Waals surface area contributed by atoms with Crippen LogP contribution in [0.4, 0.5) is 0 Å². The average Bonchev–Trinajstić information content (AvgIpc) is 3.55. The van der Waals surface area contributed by atoms with E-state index in [0.717, 1.165) is 0 Å². The maximum atomic E-state index is 2.64. The molecule has 4 aliphatic rings. The van der Waals surface area contributed by atoms with Gasteiger partial charge in [0, 0.05) is 0 Å². The first-order valence-corrected chi connectivity index (χ1v) is 27.7. The molecule has 0 N–H and O–H groups in total. The van der Waals surface area contributed by atoms with Crippen molar-refractivity contribution in [2.45, 2.75) is 79.0 Å². The predicted molar refractivity (Wildman–Crippen MR) is 179 cm³/mol. The minimum absolute atomic E-state index is 0. The van der Waals surface area contributed by atoms with E-state index < -0.39 is 25.6 Å². The molecule has 6 rings (SSSR count). The molecule has 0 aromatic heterocycles. The van der Waals surface area contributed by atoms with Crippen molar-refractivity contribution in [1.29, 1.82) is 0 Å². The van der Waals surface area contributed by atoms with E-state index in [2.05, 4.69) is 141 Å². The van der Waals surface area contributed by atoms with Crippen molar-refractivity contribution in [3.05, 3.63) is 121 Å². The number of allylic oxidation sites excluding steroid dienone is 8. The Morgan fingerprint density at radius 3 is 1.36 bits per heavy atom. The van der Waals surface area contributed by atoms with Crippen molar-refractivity contribution >= 4 is 40.2 Å². The summed E-state index contributed by atoms with van der Waals surface area (Å²) in [7, 11) is 0. The Hall–Kier alpha value is -0.753. The number of fused-ring (bicyclic) bond motifs is 2. The van der Waals surface area contributed by atoms with Crippen LogP contribution in [-0.4, -0.2) is 16.0 Å². The van der Waals surface area contributed by atoms with Gasteiger partial charge < -0.3 is 24.8 Å². The molecule has 2 heterocycles. The van der Waals surface area contributed by atoms with Crippen molar-refractivity contribution in [3.63, 3.8) is 0 Å². The zero-order valence-corrected chi connectivity index (χ0v) is 34.1. The summed E-state index contributed by atoms with van der Waals surface area (Å²) in [5.74, 6) is 0. The fourth-order valence-electron chi connectivity index (χ4n) is 6.98. The van der Waals surface area contributed by atoms with Crippen LogP contribution < -0.4 is 24.8 Å². The van der Waals surface area contributed by atoms with Gasteiger partial charge in [-0.1, -0.05) is 0 Å². The van der Waals surface area contributed by atoms with E-state index in [1.165, 1.54) is 33.4 Å². The number of thioether (sulfide) groups is 2. The van der Waals surface area contributed by atoms with Crippen molar-refractivity contribution in [2.75, 3.05) is 0 Å². The molecule has 0 saturated heterocycles. The van der Waals surface area contributed by atoms with E-state index in [1.807, 2.05) is 6.66 Å². The minimum Gasteiger partial charge on any atom is -1.00 e. The molecule has 218 valence electrons. The summed E-state index contributed by atoms with van der Waals surface area (Å²) in [6, 6.07) is 14.1. The fraction of sp³-hybridized carbons (Fsp3) is 0.333. The van der Waals surface area contributed by atoms with Crippen LogP contribution in [0.2, 0.25) is 13.1 Å².